The summed E-state index contributed by atoms with van der Waals surface area (Å²) in [5.41, 5.74) is 4.33. The van der Waals surface area contributed by atoms with Crippen LogP contribution in [-0.4, -0.2) is 38.0 Å². The highest BCUT2D eigenvalue weighted by molar-refractivity contribution is 14.1. The van der Waals surface area contributed by atoms with Crippen molar-refractivity contribution in [3.05, 3.63) is 29.3 Å². The van der Waals surface area contributed by atoms with Gasteiger partial charge < -0.3 is 21.1 Å². The third kappa shape index (κ3) is 6.20. The molecule has 7 nitrogen and oxygen atoms in total. The van der Waals surface area contributed by atoms with E-state index in [1.54, 1.807) is 0 Å². The van der Waals surface area contributed by atoms with Crippen LogP contribution in [0.5, 0.6) is 0 Å². The van der Waals surface area contributed by atoms with Crippen LogP contribution in [0.1, 0.15) is 23.2 Å². The molecule has 1 atom stereocenters. The van der Waals surface area contributed by atoms with E-state index in [4.69, 9.17) is 10.8 Å². The average Bonchev–Trinajstić information content (AvgIpc) is 2.53. The minimum Gasteiger partial charge on any atom is -0.480 e. The predicted octanol–water partition coefficient (Wildman–Crippen LogP) is 2.00. The van der Waals surface area contributed by atoms with E-state index in [0.717, 1.165) is 12.1 Å². The number of carboxylic acid groups (broad SMARTS) is 1. The summed E-state index contributed by atoms with van der Waals surface area (Å²) in [7, 11) is 0. The van der Waals surface area contributed by atoms with Crippen molar-refractivity contribution in [1.82, 2.24) is 5.32 Å². The molecule has 25 heavy (non-hydrogen) atoms. The van der Waals surface area contributed by atoms with Crippen molar-refractivity contribution in [3.8, 4) is 0 Å². The number of nitrogens with one attached hydrogen (secondary N) is 1. The maximum absolute atomic E-state index is 14.2. The second kappa shape index (κ2) is 10.0. The zero-order valence-electron chi connectivity index (χ0n) is 12.8. The Balaban J connectivity index is 3.01. The normalized spacial score (nSPS) is 11.7. The van der Waals surface area contributed by atoms with E-state index in [1.807, 2.05) is 45.2 Å². The fraction of sp³-hybridized carbons (Fsp3) is 0.357. The number of nitrogens with zero attached hydrogens (tertiary/aromatic N) is 1. The molecule has 0 spiro atoms. The number of nitrogens with two attached hydrogens (primary N) is 1. The van der Waals surface area contributed by atoms with Crippen LogP contribution < -0.4 is 16.0 Å². The lowest BCUT2D eigenvalue weighted by Crippen LogP contribution is -2.41. The number of primary amides is 1. The second-order valence-electron chi connectivity index (χ2n) is 4.94. The molecule has 0 unspecified atom stereocenters. The van der Waals surface area contributed by atoms with Gasteiger partial charge in [-0.1, -0.05) is 45.2 Å². The van der Waals surface area contributed by atoms with Gasteiger partial charge in [-0.15, -0.1) is 0 Å². The van der Waals surface area contributed by atoms with Crippen LogP contribution in [0.25, 0.3) is 0 Å². The molecule has 0 fully saturated rings. The summed E-state index contributed by atoms with van der Waals surface area (Å²) < 4.78 is 29.1. The van der Waals surface area contributed by atoms with E-state index in [1.165, 1.54) is 4.90 Å². The van der Waals surface area contributed by atoms with Crippen LogP contribution in [0.4, 0.5) is 14.5 Å². The molecule has 11 heteroatoms. The van der Waals surface area contributed by atoms with E-state index in [9.17, 15) is 23.2 Å². The zero-order chi connectivity index (χ0) is 19.1. The van der Waals surface area contributed by atoms with Gasteiger partial charge >= 0.3 is 5.97 Å². The van der Waals surface area contributed by atoms with Crippen molar-refractivity contribution in [2.24, 2.45) is 5.73 Å². The van der Waals surface area contributed by atoms with Gasteiger partial charge in [0.15, 0.2) is 0 Å². The van der Waals surface area contributed by atoms with Crippen molar-refractivity contribution in [2.45, 2.75) is 18.9 Å². The summed E-state index contributed by atoms with van der Waals surface area (Å²) in [4.78, 5) is 35.4. The molecular weight excluding hydrogens is 566 g/mol. The monoisotopic (exact) mass is 581 g/mol. The van der Waals surface area contributed by atoms with E-state index < -0.39 is 35.5 Å². The highest BCUT2D eigenvalue weighted by Gasteiger charge is 2.24. The number of hydrogen-bond donors (Lipinski definition) is 3. The number of rotatable bonds is 9. The molecule has 0 saturated carbocycles. The summed E-state index contributed by atoms with van der Waals surface area (Å²) in [5, 5.41) is 11.2. The van der Waals surface area contributed by atoms with Gasteiger partial charge in [-0.05, 0) is 18.6 Å². The van der Waals surface area contributed by atoms with Crippen LogP contribution in [0.3, 0.4) is 0 Å². The molecule has 1 aromatic rings. The smallest absolute Gasteiger partial charge is 0.326 e. The van der Waals surface area contributed by atoms with Gasteiger partial charge in [0.05, 0.1) is 9.10 Å². The van der Waals surface area contributed by atoms with Crippen LogP contribution in [0.2, 0.25) is 0 Å². The Morgan fingerprint density at radius 1 is 1.20 bits per heavy atom. The van der Waals surface area contributed by atoms with Crippen molar-refractivity contribution in [1.29, 1.82) is 0 Å². The van der Waals surface area contributed by atoms with Crippen molar-refractivity contribution < 1.29 is 28.3 Å². The molecule has 1 aromatic carbocycles. The van der Waals surface area contributed by atoms with E-state index >= 15 is 0 Å². The van der Waals surface area contributed by atoms with Crippen LogP contribution >= 0.6 is 45.2 Å². The van der Waals surface area contributed by atoms with Gasteiger partial charge in [-0.25, -0.2) is 13.6 Å². The number of alkyl halides is 2. The Bertz CT molecular complexity index is 648. The molecule has 0 aliphatic carbocycles. The third-order valence-electron chi connectivity index (χ3n) is 3.17. The fourth-order valence-corrected chi connectivity index (χ4v) is 4.02. The molecule has 0 heterocycles. The summed E-state index contributed by atoms with van der Waals surface area (Å²) in [5.74, 6) is -4.92. The number of carbonyl (C=O) groups excluding carboxylic acids is 2. The lowest BCUT2D eigenvalue weighted by molar-refractivity contribution is -0.139. The first-order valence-electron chi connectivity index (χ1n) is 6.89. The topological polar surface area (TPSA) is 113 Å². The summed E-state index contributed by atoms with van der Waals surface area (Å²) >= 11 is 3.90. The van der Waals surface area contributed by atoms with Crippen LogP contribution in [0.15, 0.2) is 12.1 Å². The van der Waals surface area contributed by atoms with Crippen LogP contribution in [-0.2, 0) is 9.59 Å². The Labute approximate surface area is 169 Å². The van der Waals surface area contributed by atoms with Crippen molar-refractivity contribution in [2.75, 3.05) is 14.0 Å². The Morgan fingerprint density at radius 2 is 1.72 bits per heavy atom. The number of carbonyl (C=O) groups is 3. The number of halogens is 4. The number of carboxylic acids is 1. The maximum Gasteiger partial charge on any atom is 0.326 e. The van der Waals surface area contributed by atoms with Gasteiger partial charge in [-0.2, -0.15) is 0 Å². The Morgan fingerprint density at radius 3 is 2.12 bits per heavy atom. The van der Waals surface area contributed by atoms with E-state index in [0.29, 0.717) is 9.10 Å². The number of amides is 2. The SMILES string of the molecule is NC(=O)CC[C@H](NC(=O)c1cc(F)c(N(CI)CI)c(F)c1)C(=O)O. The average molecular weight is 581 g/mol. The first-order valence-corrected chi connectivity index (χ1v) is 9.94. The lowest BCUT2D eigenvalue weighted by Gasteiger charge is -2.21. The van der Waals surface area contributed by atoms with E-state index in [-0.39, 0.29) is 24.1 Å². The van der Waals surface area contributed by atoms with Crippen molar-refractivity contribution >= 4 is 68.7 Å². The molecule has 138 valence electrons. The standard InChI is InChI=1S/C14H15F2I2N3O4/c15-8-3-7(4-9(16)12(8)21(5-17)6-18)13(23)20-10(14(24)25)1-2-11(19)22/h3-4,10H,1-2,5-6H2,(H2,19,22)(H,20,23)(H,24,25)/t10-/m0/s1. The highest BCUT2D eigenvalue weighted by atomic mass is 127. The molecule has 0 aliphatic heterocycles. The lowest BCUT2D eigenvalue weighted by atomic mass is 10.1. The number of aliphatic carboxylic acids is 1. The molecule has 2 amide bonds. The molecule has 1 rings (SSSR count). The van der Waals surface area contributed by atoms with Gasteiger partial charge in [0.25, 0.3) is 5.91 Å². The van der Waals surface area contributed by atoms with Gasteiger partial charge in [0, 0.05) is 12.0 Å². The molecule has 0 aliphatic rings. The number of anilines is 1. The zero-order valence-corrected chi connectivity index (χ0v) is 17.1. The first kappa shape index (κ1) is 21.8. The fourth-order valence-electron chi connectivity index (χ4n) is 1.94. The molecule has 0 radical (unpaired) electrons. The summed E-state index contributed by atoms with van der Waals surface area (Å²) in [6.07, 6.45) is -0.476. The highest BCUT2D eigenvalue weighted by Crippen LogP contribution is 2.26. The summed E-state index contributed by atoms with van der Waals surface area (Å²) in [6, 6.07) is 0.282. The largest absolute Gasteiger partial charge is 0.480 e. The minimum atomic E-state index is -1.40. The van der Waals surface area contributed by atoms with E-state index in [2.05, 4.69) is 5.32 Å². The third-order valence-corrected chi connectivity index (χ3v) is 4.81. The number of benzene rings is 1. The quantitative estimate of drug-likeness (QED) is 0.235. The van der Waals surface area contributed by atoms with Gasteiger partial charge in [-0.3, -0.25) is 9.59 Å². The van der Waals surface area contributed by atoms with Gasteiger partial charge in [0.1, 0.15) is 23.4 Å². The first-order chi connectivity index (χ1) is 11.7. The molecule has 0 saturated heterocycles. The Kier molecular flexibility index (Phi) is 8.75. The maximum atomic E-state index is 14.2. The van der Waals surface area contributed by atoms with Gasteiger partial charge in [0.2, 0.25) is 5.91 Å². The molecule has 0 bridgehead atoms. The van der Waals surface area contributed by atoms with Crippen molar-refractivity contribution in [3.63, 3.8) is 0 Å². The summed E-state index contributed by atoms with van der Waals surface area (Å²) in [6.45, 7) is 0. The molecule has 0 aromatic heterocycles. The Hall–Kier alpha value is -1.25. The van der Waals surface area contributed by atoms with Crippen LogP contribution in [0, 0.1) is 11.6 Å². The molecule has 4 N–H and O–H groups in total. The second-order valence-corrected chi connectivity index (χ2v) is 6.30. The minimum absolute atomic E-state index is 0.225. The molecular formula is C14H15F2I2N3O4. The number of hydrogen-bond acceptors (Lipinski definition) is 4. The predicted molar refractivity (Wildman–Crippen MR) is 104 cm³/mol.